The number of carbonyl (C=O) groups excluding carboxylic acids is 1. The number of ketones is 1. The van der Waals surface area contributed by atoms with Gasteiger partial charge in [-0.25, -0.2) is 0 Å². The van der Waals surface area contributed by atoms with E-state index in [1.807, 2.05) is 65.2 Å². The molecule has 0 radical (unpaired) electrons. The van der Waals surface area contributed by atoms with E-state index in [0.29, 0.717) is 16.3 Å². The van der Waals surface area contributed by atoms with Crippen molar-refractivity contribution in [2.45, 2.75) is 5.16 Å². The van der Waals surface area contributed by atoms with Crippen molar-refractivity contribution in [1.29, 1.82) is 5.26 Å². The lowest BCUT2D eigenvalue weighted by Gasteiger charge is -2.10. The Morgan fingerprint density at radius 2 is 1.55 bits per heavy atom. The van der Waals surface area contributed by atoms with Gasteiger partial charge >= 0.3 is 0 Å². The third kappa shape index (κ3) is 4.10. The Morgan fingerprint density at radius 1 is 0.897 bits per heavy atom. The predicted octanol–water partition coefficient (Wildman–Crippen LogP) is 4.78. The van der Waals surface area contributed by atoms with Gasteiger partial charge in [-0.3, -0.25) is 9.36 Å². The smallest absolute Gasteiger partial charge is 0.196 e. The summed E-state index contributed by atoms with van der Waals surface area (Å²) in [7, 11) is 0. The highest BCUT2D eigenvalue weighted by Crippen LogP contribution is 2.28. The van der Waals surface area contributed by atoms with Crippen molar-refractivity contribution in [3.8, 4) is 23.1 Å². The van der Waals surface area contributed by atoms with Crippen LogP contribution < -0.4 is 0 Å². The van der Waals surface area contributed by atoms with Gasteiger partial charge in [-0.2, -0.15) is 5.26 Å². The zero-order valence-corrected chi connectivity index (χ0v) is 16.2. The first kappa shape index (κ1) is 18.7. The molecule has 0 amide bonds. The normalized spacial score (nSPS) is 10.4. The molecule has 0 fully saturated rings. The molecule has 5 nitrogen and oxygen atoms in total. The van der Waals surface area contributed by atoms with Crippen molar-refractivity contribution in [2.75, 3.05) is 5.75 Å². The lowest BCUT2D eigenvalue weighted by molar-refractivity contribution is 0.102. The van der Waals surface area contributed by atoms with Gasteiger partial charge in [0.2, 0.25) is 0 Å². The fourth-order valence-corrected chi connectivity index (χ4v) is 3.74. The Balaban J connectivity index is 1.63. The van der Waals surface area contributed by atoms with Crippen LogP contribution >= 0.6 is 11.8 Å². The highest BCUT2D eigenvalue weighted by molar-refractivity contribution is 7.99. The molecule has 0 saturated carbocycles. The van der Waals surface area contributed by atoms with Crippen LogP contribution in [0.15, 0.2) is 90.1 Å². The number of nitriles is 1. The van der Waals surface area contributed by atoms with Crippen LogP contribution in [0.2, 0.25) is 0 Å². The average molecular weight is 396 g/mol. The summed E-state index contributed by atoms with van der Waals surface area (Å²) in [6.45, 7) is 0. The molecule has 0 spiro atoms. The predicted molar refractivity (Wildman–Crippen MR) is 113 cm³/mol. The molecule has 0 aliphatic heterocycles. The van der Waals surface area contributed by atoms with Crippen LogP contribution in [0.4, 0.5) is 0 Å². The van der Waals surface area contributed by atoms with Crippen LogP contribution in [0.25, 0.3) is 17.1 Å². The maximum atomic E-state index is 12.6. The fourth-order valence-electron chi connectivity index (χ4n) is 2.89. The summed E-state index contributed by atoms with van der Waals surface area (Å²) < 4.78 is 1.96. The SMILES string of the molecule is N#Cc1ccc(C(=O)CSc2nnc(-c3ccccc3)n2-c2ccccc2)cc1. The van der Waals surface area contributed by atoms with Crippen LogP contribution in [0.1, 0.15) is 15.9 Å². The second-order valence-corrected chi connectivity index (χ2v) is 7.19. The van der Waals surface area contributed by atoms with Crippen molar-refractivity contribution in [3.05, 3.63) is 96.1 Å². The number of benzene rings is 3. The largest absolute Gasteiger partial charge is 0.293 e. The highest BCUT2D eigenvalue weighted by atomic mass is 32.2. The Labute approximate surface area is 172 Å². The number of thioether (sulfide) groups is 1. The zero-order valence-electron chi connectivity index (χ0n) is 15.4. The molecule has 0 saturated heterocycles. The number of aromatic nitrogens is 3. The number of rotatable bonds is 6. The second-order valence-electron chi connectivity index (χ2n) is 6.24. The molecule has 0 aliphatic carbocycles. The first-order valence-corrected chi connectivity index (χ1v) is 9.97. The maximum Gasteiger partial charge on any atom is 0.196 e. The number of para-hydroxylation sites is 1. The van der Waals surface area contributed by atoms with Crippen molar-refractivity contribution < 1.29 is 4.79 Å². The topological polar surface area (TPSA) is 71.6 Å². The van der Waals surface area contributed by atoms with Gasteiger partial charge in [-0.15, -0.1) is 10.2 Å². The molecular formula is C23H16N4OS. The molecule has 6 heteroatoms. The van der Waals surface area contributed by atoms with Gasteiger partial charge in [-0.05, 0) is 24.3 Å². The fraction of sp³-hybridized carbons (Fsp3) is 0.0435. The average Bonchev–Trinajstić information content (AvgIpc) is 3.22. The summed E-state index contributed by atoms with van der Waals surface area (Å²) in [5, 5.41) is 18.3. The van der Waals surface area contributed by atoms with Crippen LogP contribution in [0.5, 0.6) is 0 Å². The summed E-state index contributed by atoms with van der Waals surface area (Å²) in [6.07, 6.45) is 0. The monoisotopic (exact) mass is 396 g/mol. The Hall–Kier alpha value is -3.69. The second kappa shape index (κ2) is 8.55. The van der Waals surface area contributed by atoms with E-state index in [1.165, 1.54) is 11.8 Å². The van der Waals surface area contributed by atoms with Gasteiger partial charge in [0.15, 0.2) is 16.8 Å². The first-order chi connectivity index (χ1) is 14.3. The first-order valence-electron chi connectivity index (χ1n) is 8.98. The molecule has 3 aromatic carbocycles. The summed E-state index contributed by atoms with van der Waals surface area (Å²) in [5.74, 6) is 0.930. The molecule has 0 atom stereocenters. The van der Waals surface area contributed by atoms with E-state index < -0.39 is 0 Å². The third-order valence-electron chi connectivity index (χ3n) is 4.35. The number of nitrogens with zero attached hydrogens (tertiary/aromatic N) is 4. The van der Waals surface area contributed by atoms with Gasteiger partial charge in [-0.1, -0.05) is 72.4 Å². The molecule has 29 heavy (non-hydrogen) atoms. The van der Waals surface area contributed by atoms with Crippen molar-refractivity contribution in [1.82, 2.24) is 14.8 Å². The van der Waals surface area contributed by atoms with E-state index in [0.717, 1.165) is 17.1 Å². The summed E-state index contributed by atoms with van der Waals surface area (Å²) >= 11 is 1.35. The van der Waals surface area contributed by atoms with E-state index in [9.17, 15) is 4.79 Å². The van der Waals surface area contributed by atoms with E-state index in [1.54, 1.807) is 24.3 Å². The molecule has 1 heterocycles. The van der Waals surface area contributed by atoms with Crippen LogP contribution in [-0.2, 0) is 0 Å². The molecule has 4 aromatic rings. The molecule has 4 rings (SSSR count). The summed E-state index contributed by atoms with van der Waals surface area (Å²) in [6, 6.07) is 28.4. The van der Waals surface area contributed by atoms with E-state index in [-0.39, 0.29) is 11.5 Å². The number of carbonyl (C=O) groups is 1. The summed E-state index contributed by atoms with van der Waals surface area (Å²) in [5.41, 5.74) is 3.00. The molecular weight excluding hydrogens is 380 g/mol. The van der Waals surface area contributed by atoms with E-state index in [4.69, 9.17) is 5.26 Å². The lowest BCUT2D eigenvalue weighted by atomic mass is 10.1. The maximum absolute atomic E-state index is 12.6. The molecule has 0 bridgehead atoms. The molecule has 1 aromatic heterocycles. The Kier molecular flexibility index (Phi) is 5.50. The van der Waals surface area contributed by atoms with Gasteiger partial charge in [0.05, 0.1) is 17.4 Å². The minimum absolute atomic E-state index is 0.0247. The standard InChI is InChI=1S/C23H16N4OS/c24-15-17-11-13-18(14-12-17)21(28)16-29-23-26-25-22(19-7-3-1-4-8-19)27(23)20-9-5-2-6-10-20/h1-14H,16H2. The van der Waals surface area contributed by atoms with Crippen LogP contribution in [0.3, 0.4) is 0 Å². The van der Waals surface area contributed by atoms with E-state index >= 15 is 0 Å². The molecule has 140 valence electrons. The molecule has 0 aliphatic rings. The van der Waals surface area contributed by atoms with Gasteiger partial charge < -0.3 is 0 Å². The number of hydrogen-bond acceptors (Lipinski definition) is 5. The Morgan fingerprint density at radius 3 is 2.21 bits per heavy atom. The quantitative estimate of drug-likeness (QED) is 0.346. The van der Waals surface area contributed by atoms with Crippen molar-refractivity contribution in [2.24, 2.45) is 0 Å². The van der Waals surface area contributed by atoms with Gasteiger partial charge in [0.25, 0.3) is 0 Å². The van der Waals surface area contributed by atoms with Crippen molar-refractivity contribution >= 4 is 17.5 Å². The third-order valence-corrected chi connectivity index (χ3v) is 5.28. The van der Waals surface area contributed by atoms with Gasteiger partial charge in [0.1, 0.15) is 0 Å². The van der Waals surface area contributed by atoms with Crippen LogP contribution in [-0.4, -0.2) is 26.3 Å². The summed E-state index contributed by atoms with van der Waals surface area (Å²) in [4.78, 5) is 12.6. The highest BCUT2D eigenvalue weighted by Gasteiger charge is 2.17. The Bertz CT molecular complexity index is 1160. The molecule has 0 unspecified atom stereocenters. The van der Waals surface area contributed by atoms with Crippen LogP contribution in [0, 0.1) is 11.3 Å². The minimum Gasteiger partial charge on any atom is -0.293 e. The zero-order chi connectivity index (χ0) is 20.1. The van der Waals surface area contributed by atoms with Crippen molar-refractivity contribution in [3.63, 3.8) is 0 Å². The van der Waals surface area contributed by atoms with E-state index in [2.05, 4.69) is 16.3 Å². The lowest BCUT2D eigenvalue weighted by Crippen LogP contribution is -2.05. The number of hydrogen-bond donors (Lipinski definition) is 0. The van der Waals surface area contributed by atoms with Gasteiger partial charge in [0, 0.05) is 16.8 Å². The minimum atomic E-state index is -0.0247. The molecule has 0 N–H and O–H groups in total. The number of Topliss-reactive ketones (excluding diaryl/α,β-unsaturated/α-hetero) is 1.